The van der Waals surface area contributed by atoms with Crippen LogP contribution in [0.1, 0.15) is 35.1 Å². The fourth-order valence-electron chi connectivity index (χ4n) is 2.62. The van der Waals surface area contributed by atoms with Crippen molar-refractivity contribution in [1.29, 1.82) is 0 Å². The standard InChI is InChI=1S/C18H19ClN4OS/c1-4-7-22(11-15-5-6-16(19)25-15)18(24)14-8-13-10-21-23(12(2)3)17(13)20-9-14/h4-6,8-10,12H,1,7,11H2,2-3H3. The average molecular weight is 375 g/mol. The van der Waals surface area contributed by atoms with Crippen LogP contribution in [0.4, 0.5) is 0 Å². The number of pyridine rings is 1. The molecule has 0 unspecified atom stereocenters. The van der Waals surface area contributed by atoms with Gasteiger partial charge < -0.3 is 4.90 Å². The van der Waals surface area contributed by atoms with E-state index in [-0.39, 0.29) is 11.9 Å². The highest BCUT2D eigenvalue weighted by Crippen LogP contribution is 2.24. The first-order valence-corrected chi connectivity index (χ1v) is 9.16. The average Bonchev–Trinajstić information content (AvgIpc) is 3.19. The van der Waals surface area contributed by atoms with Gasteiger partial charge in [-0.3, -0.25) is 4.79 Å². The lowest BCUT2D eigenvalue weighted by atomic mass is 10.2. The van der Waals surface area contributed by atoms with Crippen LogP contribution in [-0.2, 0) is 6.54 Å². The van der Waals surface area contributed by atoms with Gasteiger partial charge in [0.25, 0.3) is 5.91 Å². The number of hydrogen-bond acceptors (Lipinski definition) is 4. The van der Waals surface area contributed by atoms with E-state index in [0.717, 1.165) is 15.9 Å². The Labute approximate surface area is 155 Å². The van der Waals surface area contributed by atoms with E-state index in [1.807, 2.05) is 36.7 Å². The number of rotatable bonds is 6. The molecule has 0 aromatic carbocycles. The van der Waals surface area contributed by atoms with Crippen LogP contribution in [0.15, 0.2) is 43.2 Å². The first-order chi connectivity index (χ1) is 12.0. The molecule has 5 nitrogen and oxygen atoms in total. The highest BCUT2D eigenvalue weighted by Gasteiger charge is 2.18. The van der Waals surface area contributed by atoms with E-state index in [4.69, 9.17) is 11.6 Å². The molecule has 7 heteroatoms. The van der Waals surface area contributed by atoms with Crippen LogP contribution < -0.4 is 0 Å². The monoisotopic (exact) mass is 374 g/mol. The molecular formula is C18H19ClN4OS. The Hall–Kier alpha value is -2.18. The minimum absolute atomic E-state index is 0.0869. The van der Waals surface area contributed by atoms with E-state index in [1.54, 1.807) is 23.4 Å². The van der Waals surface area contributed by atoms with Crippen molar-refractivity contribution in [3.63, 3.8) is 0 Å². The minimum atomic E-state index is -0.0869. The summed E-state index contributed by atoms with van der Waals surface area (Å²) in [7, 11) is 0. The largest absolute Gasteiger partial charge is 0.330 e. The van der Waals surface area contributed by atoms with E-state index in [0.29, 0.717) is 23.0 Å². The Morgan fingerprint density at radius 3 is 2.88 bits per heavy atom. The molecule has 0 aliphatic heterocycles. The lowest BCUT2D eigenvalue weighted by molar-refractivity contribution is 0.0764. The third kappa shape index (κ3) is 3.75. The van der Waals surface area contributed by atoms with Gasteiger partial charge in [0.15, 0.2) is 5.65 Å². The first kappa shape index (κ1) is 17.6. The Morgan fingerprint density at radius 1 is 1.44 bits per heavy atom. The summed E-state index contributed by atoms with van der Waals surface area (Å²) in [4.78, 5) is 20.1. The third-order valence-corrected chi connectivity index (χ3v) is 5.00. The normalized spacial score (nSPS) is 11.2. The van der Waals surface area contributed by atoms with E-state index < -0.39 is 0 Å². The van der Waals surface area contributed by atoms with Gasteiger partial charge in [-0.15, -0.1) is 17.9 Å². The molecule has 3 aromatic heterocycles. The second-order valence-corrected chi connectivity index (χ2v) is 7.80. The molecular weight excluding hydrogens is 356 g/mol. The molecule has 0 fully saturated rings. The first-order valence-electron chi connectivity index (χ1n) is 7.97. The summed E-state index contributed by atoms with van der Waals surface area (Å²) >= 11 is 7.46. The maximum absolute atomic E-state index is 12.9. The molecule has 0 saturated heterocycles. The van der Waals surface area contributed by atoms with Crippen molar-refractivity contribution < 1.29 is 4.79 Å². The zero-order valence-corrected chi connectivity index (χ0v) is 15.7. The molecule has 3 rings (SSSR count). The predicted octanol–water partition coefficient (Wildman–Crippen LogP) is 4.56. The molecule has 0 atom stereocenters. The van der Waals surface area contributed by atoms with Crippen molar-refractivity contribution in [2.45, 2.75) is 26.4 Å². The lowest BCUT2D eigenvalue weighted by Gasteiger charge is -2.20. The number of carbonyl (C=O) groups is 1. The van der Waals surface area contributed by atoms with Crippen molar-refractivity contribution in [3.05, 3.63) is 58.0 Å². The summed E-state index contributed by atoms with van der Waals surface area (Å²) in [5.41, 5.74) is 1.33. The zero-order chi connectivity index (χ0) is 18.0. The van der Waals surface area contributed by atoms with Gasteiger partial charge in [0.1, 0.15) is 0 Å². The fraction of sp³-hybridized carbons (Fsp3) is 0.278. The number of carbonyl (C=O) groups excluding carboxylic acids is 1. The number of nitrogens with zero attached hydrogens (tertiary/aromatic N) is 4. The summed E-state index contributed by atoms with van der Waals surface area (Å²) in [6.45, 7) is 8.79. The maximum atomic E-state index is 12.9. The topological polar surface area (TPSA) is 51.0 Å². The number of halogens is 1. The van der Waals surface area contributed by atoms with Crippen LogP contribution in [-0.4, -0.2) is 32.1 Å². The number of hydrogen-bond donors (Lipinski definition) is 0. The van der Waals surface area contributed by atoms with E-state index >= 15 is 0 Å². The van der Waals surface area contributed by atoms with Crippen LogP contribution in [0, 0.1) is 0 Å². The summed E-state index contributed by atoms with van der Waals surface area (Å²) in [5.74, 6) is -0.0869. The second kappa shape index (κ2) is 7.37. The van der Waals surface area contributed by atoms with Crippen molar-refractivity contribution >= 4 is 39.9 Å². The summed E-state index contributed by atoms with van der Waals surface area (Å²) in [6, 6.07) is 5.83. The van der Waals surface area contributed by atoms with Crippen LogP contribution in [0.25, 0.3) is 11.0 Å². The highest BCUT2D eigenvalue weighted by molar-refractivity contribution is 7.16. The zero-order valence-electron chi connectivity index (χ0n) is 14.1. The fourth-order valence-corrected chi connectivity index (χ4v) is 3.72. The molecule has 25 heavy (non-hydrogen) atoms. The van der Waals surface area contributed by atoms with Crippen LogP contribution in [0.2, 0.25) is 4.34 Å². The van der Waals surface area contributed by atoms with Crippen molar-refractivity contribution in [3.8, 4) is 0 Å². The van der Waals surface area contributed by atoms with E-state index in [1.165, 1.54) is 11.3 Å². The van der Waals surface area contributed by atoms with Crippen LogP contribution >= 0.6 is 22.9 Å². The molecule has 0 radical (unpaired) electrons. The van der Waals surface area contributed by atoms with Crippen LogP contribution in [0.3, 0.4) is 0 Å². The van der Waals surface area contributed by atoms with Gasteiger partial charge in [-0.05, 0) is 32.0 Å². The van der Waals surface area contributed by atoms with Gasteiger partial charge in [0.05, 0.1) is 22.6 Å². The molecule has 0 bridgehead atoms. The van der Waals surface area contributed by atoms with Crippen LogP contribution in [0.5, 0.6) is 0 Å². The smallest absolute Gasteiger partial charge is 0.256 e. The second-order valence-electron chi connectivity index (χ2n) is 6.00. The molecule has 1 amide bonds. The van der Waals surface area contributed by atoms with E-state index in [9.17, 15) is 4.79 Å². The predicted molar refractivity (Wildman–Crippen MR) is 102 cm³/mol. The van der Waals surface area contributed by atoms with Gasteiger partial charge >= 0.3 is 0 Å². The highest BCUT2D eigenvalue weighted by atomic mass is 35.5. The molecule has 3 aromatic rings. The van der Waals surface area contributed by atoms with Crippen molar-refractivity contribution in [2.24, 2.45) is 0 Å². The van der Waals surface area contributed by atoms with Gasteiger partial charge in [0.2, 0.25) is 0 Å². The van der Waals surface area contributed by atoms with Gasteiger partial charge in [0, 0.05) is 29.0 Å². The Bertz CT molecular complexity index is 915. The van der Waals surface area contributed by atoms with Gasteiger partial charge in [-0.2, -0.15) is 5.10 Å². The van der Waals surface area contributed by atoms with Crippen molar-refractivity contribution in [1.82, 2.24) is 19.7 Å². The Balaban J connectivity index is 1.88. The Morgan fingerprint density at radius 2 is 2.24 bits per heavy atom. The summed E-state index contributed by atoms with van der Waals surface area (Å²) in [5, 5.41) is 5.21. The number of fused-ring (bicyclic) bond motifs is 1. The Kier molecular flexibility index (Phi) is 5.20. The molecule has 0 N–H and O–H groups in total. The van der Waals surface area contributed by atoms with Gasteiger partial charge in [-0.25, -0.2) is 9.67 Å². The quantitative estimate of drug-likeness (QED) is 0.594. The SMILES string of the molecule is C=CCN(Cc1ccc(Cl)s1)C(=O)c1cnc2c(cnn2C(C)C)c1. The van der Waals surface area contributed by atoms with E-state index in [2.05, 4.69) is 16.7 Å². The summed E-state index contributed by atoms with van der Waals surface area (Å²) in [6.07, 6.45) is 5.08. The van der Waals surface area contributed by atoms with Gasteiger partial charge in [-0.1, -0.05) is 17.7 Å². The maximum Gasteiger partial charge on any atom is 0.256 e. The number of amides is 1. The third-order valence-electron chi connectivity index (χ3n) is 3.78. The molecule has 0 aliphatic rings. The van der Waals surface area contributed by atoms with Crippen molar-refractivity contribution in [2.75, 3.05) is 6.54 Å². The molecule has 0 aliphatic carbocycles. The molecule has 130 valence electrons. The number of thiophene rings is 1. The molecule has 0 saturated carbocycles. The lowest BCUT2D eigenvalue weighted by Crippen LogP contribution is -2.30. The molecule has 3 heterocycles. The number of aromatic nitrogens is 3. The minimum Gasteiger partial charge on any atom is -0.330 e. The molecule has 0 spiro atoms. The summed E-state index contributed by atoms with van der Waals surface area (Å²) < 4.78 is 2.56.